The molecule has 9 heteroatoms. The maximum absolute atomic E-state index is 12.0. The van der Waals surface area contributed by atoms with Gasteiger partial charge in [0.25, 0.3) is 11.6 Å². The molecule has 0 heterocycles. The lowest BCUT2D eigenvalue weighted by atomic mass is 10.2. The zero-order valence-corrected chi connectivity index (χ0v) is 13.7. The molecule has 0 unspecified atom stereocenters. The molecule has 0 aliphatic rings. The number of nitro benzene ring substituents is 1. The number of hydrogen-bond acceptors (Lipinski definition) is 5. The van der Waals surface area contributed by atoms with Gasteiger partial charge in [0.1, 0.15) is 5.75 Å². The van der Waals surface area contributed by atoms with E-state index in [9.17, 15) is 20.0 Å². The first-order chi connectivity index (χ1) is 10.9. The summed E-state index contributed by atoms with van der Waals surface area (Å²) in [5.74, 6) is -0.719. The second-order valence-electron chi connectivity index (χ2n) is 4.32. The zero-order valence-electron chi connectivity index (χ0n) is 11.4. The molecule has 2 rings (SSSR count). The van der Waals surface area contributed by atoms with Gasteiger partial charge in [0.15, 0.2) is 0 Å². The van der Waals surface area contributed by atoms with Gasteiger partial charge in [0, 0.05) is 22.2 Å². The summed E-state index contributed by atoms with van der Waals surface area (Å²) < 4.78 is 0.727. The molecule has 118 valence electrons. The van der Waals surface area contributed by atoms with Crippen molar-refractivity contribution in [2.75, 3.05) is 0 Å². The molecule has 1 amide bonds. The van der Waals surface area contributed by atoms with E-state index in [-0.39, 0.29) is 22.0 Å². The Hall–Kier alpha value is -2.45. The second-order valence-corrected chi connectivity index (χ2v) is 5.65. The number of nitro groups is 1. The molecule has 0 aliphatic carbocycles. The lowest BCUT2D eigenvalue weighted by Gasteiger charge is -2.03. The fourth-order valence-electron chi connectivity index (χ4n) is 1.65. The molecule has 0 radical (unpaired) electrons. The van der Waals surface area contributed by atoms with Crippen LogP contribution in [0.4, 0.5) is 5.69 Å². The van der Waals surface area contributed by atoms with Gasteiger partial charge < -0.3 is 5.11 Å². The van der Waals surface area contributed by atoms with Crippen LogP contribution < -0.4 is 5.43 Å². The zero-order chi connectivity index (χ0) is 17.0. The summed E-state index contributed by atoms with van der Waals surface area (Å²) in [6.07, 6.45) is 1.24. The largest absolute Gasteiger partial charge is 0.507 e. The van der Waals surface area contributed by atoms with Crippen molar-refractivity contribution in [2.24, 2.45) is 5.10 Å². The third-order valence-electron chi connectivity index (χ3n) is 2.76. The van der Waals surface area contributed by atoms with Crippen LogP contribution in [0.3, 0.4) is 0 Å². The molecule has 0 fully saturated rings. The van der Waals surface area contributed by atoms with Gasteiger partial charge in [-0.3, -0.25) is 14.9 Å². The van der Waals surface area contributed by atoms with E-state index in [1.165, 1.54) is 24.4 Å². The van der Waals surface area contributed by atoms with Crippen molar-refractivity contribution in [3.8, 4) is 5.75 Å². The molecule has 0 aliphatic heterocycles. The highest BCUT2D eigenvalue weighted by Gasteiger charge is 2.15. The van der Waals surface area contributed by atoms with Crippen LogP contribution in [0.2, 0.25) is 5.02 Å². The van der Waals surface area contributed by atoms with Crippen molar-refractivity contribution in [3.05, 3.63) is 67.1 Å². The molecule has 0 saturated heterocycles. The number of phenolic OH excluding ortho intramolecular Hbond substituents is 1. The van der Waals surface area contributed by atoms with Crippen LogP contribution in [0.1, 0.15) is 15.9 Å². The van der Waals surface area contributed by atoms with Gasteiger partial charge in [-0.15, -0.1) is 0 Å². The van der Waals surface area contributed by atoms with E-state index in [0.29, 0.717) is 5.56 Å². The normalized spacial score (nSPS) is 10.7. The van der Waals surface area contributed by atoms with E-state index < -0.39 is 10.8 Å². The SMILES string of the molecule is O=C(N/N=C/c1cc(Br)ccc1O)c1cc([N+](=O)[O-])ccc1Cl. The highest BCUT2D eigenvalue weighted by molar-refractivity contribution is 9.10. The van der Waals surface area contributed by atoms with E-state index in [2.05, 4.69) is 26.5 Å². The minimum Gasteiger partial charge on any atom is -0.507 e. The molecule has 0 spiro atoms. The number of rotatable bonds is 4. The van der Waals surface area contributed by atoms with Gasteiger partial charge in [0.2, 0.25) is 0 Å². The third-order valence-corrected chi connectivity index (χ3v) is 3.59. The molecule has 2 N–H and O–H groups in total. The van der Waals surface area contributed by atoms with Crippen LogP contribution in [-0.4, -0.2) is 22.2 Å². The van der Waals surface area contributed by atoms with E-state index in [1.54, 1.807) is 12.1 Å². The number of nitrogens with one attached hydrogen (secondary N) is 1. The average molecular weight is 399 g/mol. The Morgan fingerprint density at radius 3 is 2.78 bits per heavy atom. The van der Waals surface area contributed by atoms with Gasteiger partial charge in [-0.1, -0.05) is 27.5 Å². The molecule has 0 bridgehead atoms. The average Bonchev–Trinajstić information content (AvgIpc) is 2.50. The Labute approximate surface area is 143 Å². The monoisotopic (exact) mass is 397 g/mol. The number of aromatic hydroxyl groups is 1. The Morgan fingerprint density at radius 2 is 2.09 bits per heavy atom. The molecular formula is C14H9BrClN3O4. The van der Waals surface area contributed by atoms with Crippen LogP contribution in [0.5, 0.6) is 5.75 Å². The first-order valence-corrected chi connectivity index (χ1v) is 7.31. The predicted molar refractivity (Wildman–Crippen MR) is 89.0 cm³/mol. The molecule has 2 aromatic rings. The van der Waals surface area contributed by atoms with Crippen molar-refractivity contribution in [3.63, 3.8) is 0 Å². The number of nitrogens with zero attached hydrogens (tertiary/aromatic N) is 2. The number of halogens is 2. The Bertz CT molecular complexity index is 811. The molecule has 2 aromatic carbocycles. The van der Waals surface area contributed by atoms with Gasteiger partial charge in [-0.05, 0) is 24.3 Å². The summed E-state index contributed by atoms with van der Waals surface area (Å²) >= 11 is 9.10. The summed E-state index contributed by atoms with van der Waals surface area (Å²) in [5, 5.41) is 24.1. The molecule has 23 heavy (non-hydrogen) atoms. The maximum Gasteiger partial charge on any atom is 0.273 e. The van der Waals surface area contributed by atoms with E-state index in [0.717, 1.165) is 10.5 Å². The summed E-state index contributed by atoms with van der Waals surface area (Å²) in [6.45, 7) is 0. The number of hydrazone groups is 1. The number of non-ortho nitro benzene ring substituents is 1. The van der Waals surface area contributed by atoms with E-state index in [4.69, 9.17) is 11.6 Å². The lowest BCUT2D eigenvalue weighted by Crippen LogP contribution is -2.18. The quantitative estimate of drug-likeness (QED) is 0.467. The predicted octanol–water partition coefficient (Wildman–Crippen LogP) is 3.48. The fourth-order valence-corrected chi connectivity index (χ4v) is 2.23. The standard InChI is InChI=1S/C14H9BrClN3O4/c15-9-1-4-13(20)8(5-9)7-17-18-14(21)11-6-10(19(22)23)2-3-12(11)16/h1-7,20H,(H,18,21)/b17-7+. The Balaban J connectivity index is 2.16. The number of carbonyl (C=O) groups excluding carboxylic acids is 1. The maximum atomic E-state index is 12.0. The number of phenols is 1. The minimum atomic E-state index is -0.704. The highest BCUT2D eigenvalue weighted by Crippen LogP contribution is 2.22. The first-order valence-electron chi connectivity index (χ1n) is 6.14. The van der Waals surface area contributed by atoms with Crippen LogP contribution in [0.15, 0.2) is 46.0 Å². The lowest BCUT2D eigenvalue weighted by molar-refractivity contribution is -0.384. The second kappa shape index (κ2) is 7.21. The Kier molecular flexibility index (Phi) is 5.30. The number of hydrogen-bond donors (Lipinski definition) is 2. The fraction of sp³-hybridized carbons (Fsp3) is 0. The topological polar surface area (TPSA) is 105 Å². The summed E-state index contributed by atoms with van der Waals surface area (Å²) in [5.41, 5.74) is 2.25. The first kappa shape index (κ1) is 16.9. The van der Waals surface area contributed by atoms with E-state index in [1.807, 2.05) is 0 Å². The summed E-state index contributed by atoms with van der Waals surface area (Å²) in [4.78, 5) is 22.1. The summed E-state index contributed by atoms with van der Waals surface area (Å²) in [6, 6.07) is 8.23. The van der Waals surface area contributed by atoms with Crippen LogP contribution >= 0.6 is 27.5 Å². The van der Waals surface area contributed by atoms with Crippen molar-refractivity contribution >= 4 is 45.3 Å². The number of benzene rings is 2. The van der Waals surface area contributed by atoms with Crippen molar-refractivity contribution in [1.82, 2.24) is 5.43 Å². The third kappa shape index (κ3) is 4.27. The van der Waals surface area contributed by atoms with Gasteiger partial charge in [-0.2, -0.15) is 5.10 Å². The molecular weight excluding hydrogens is 390 g/mol. The molecule has 0 saturated carbocycles. The smallest absolute Gasteiger partial charge is 0.273 e. The van der Waals surface area contributed by atoms with Crippen LogP contribution in [-0.2, 0) is 0 Å². The van der Waals surface area contributed by atoms with Crippen molar-refractivity contribution in [2.45, 2.75) is 0 Å². The minimum absolute atomic E-state index is 0.0143. The van der Waals surface area contributed by atoms with Crippen LogP contribution in [0, 0.1) is 10.1 Å². The van der Waals surface area contributed by atoms with Crippen molar-refractivity contribution < 1.29 is 14.8 Å². The molecule has 0 atom stereocenters. The van der Waals surface area contributed by atoms with Crippen molar-refractivity contribution in [1.29, 1.82) is 0 Å². The molecule has 7 nitrogen and oxygen atoms in total. The van der Waals surface area contributed by atoms with Gasteiger partial charge >= 0.3 is 0 Å². The van der Waals surface area contributed by atoms with Gasteiger partial charge in [0.05, 0.1) is 21.7 Å². The van der Waals surface area contributed by atoms with E-state index >= 15 is 0 Å². The van der Waals surface area contributed by atoms with Crippen LogP contribution in [0.25, 0.3) is 0 Å². The number of amides is 1. The highest BCUT2D eigenvalue weighted by atomic mass is 79.9. The summed E-state index contributed by atoms with van der Waals surface area (Å²) in [7, 11) is 0. The van der Waals surface area contributed by atoms with Gasteiger partial charge in [-0.25, -0.2) is 5.43 Å². The number of carbonyl (C=O) groups is 1. The molecule has 0 aromatic heterocycles. The Morgan fingerprint density at radius 1 is 1.35 bits per heavy atom.